The van der Waals surface area contributed by atoms with Crippen molar-refractivity contribution in [2.45, 2.75) is 284 Å². The number of hydrogen-bond donors (Lipinski definition) is 29. The van der Waals surface area contributed by atoms with Crippen LogP contribution in [-0.2, 0) is 79.5 Å². The van der Waals surface area contributed by atoms with Gasteiger partial charge >= 0.3 is 0 Å². The van der Waals surface area contributed by atoms with Crippen molar-refractivity contribution in [2.75, 3.05) is 39.3 Å². The van der Waals surface area contributed by atoms with Gasteiger partial charge in [-0.05, 0) is 43.9 Å². The maximum absolute atomic E-state index is 14.5. The average molecular weight is 1680 g/mol. The lowest BCUT2D eigenvalue weighted by Gasteiger charge is -2.47. The van der Waals surface area contributed by atoms with Crippen LogP contribution in [0.2, 0.25) is 0 Å². The molecule has 6 aliphatic heterocycles. The number of primary amides is 1. The number of nitrogens with two attached hydrogens (primary N) is 15. The van der Waals surface area contributed by atoms with Gasteiger partial charge in [-0.2, -0.15) is 0 Å². The highest BCUT2D eigenvalue weighted by Crippen LogP contribution is 2.39. The molecule has 8 heterocycles. The SMILES string of the molecule is NC[C@@H]1O[C@@H](O[C@H]2[C@H](O[C@@H]3O[C@H](Cn4cc(-c5cc(C(=O)NCCC(=O)N[C@@H](CCCN=C(N)N)C(N)=O)cc(-c6cn(C[C@@H]7O[C@H](O[C@H]8[C@H](O)[C@@H](N)C[C@@H](N)[C@@H]8O[C@H]8O[C@H](CN)[C@@H](O)[C@H](O)[C@H]8N)[C@@H](O)[C@H]7O[C@H]7O[C@@H](CN)[C@@H](O)[C@H](O)[C@H]7N)nn6)c5)nn4)[C@@H](O[C@@H]4O[C@H](CN)[C@H](O)[C@@H](O)[C@@H]4N)[C@H]3O)[C@@H](O)[C@H](N)C[C@@H]2N)[C@@H](N)[C@H](O)[C@H]1O. The third-order valence-electron chi connectivity index (χ3n) is 22.2. The summed E-state index contributed by atoms with van der Waals surface area (Å²) in [6, 6.07) is -6.69. The van der Waals surface area contributed by atoms with Crippen molar-refractivity contribution in [3.63, 3.8) is 0 Å². The standard InChI is InChI=1S/C66H114N24O27/c67-11-29-42(94)46(98)36(75)60(106-29)112-52-24(73)9-22(71)40(92)56(52)116-64-50(102)54(114-62-38(77)48(100)44(96)31(13-69)108-62)33(110-64)17-89-15-27(85-87-89)19-6-20(8-21(7-19)59(105)82-5-3-35(91)84-26(58(79)104)2-1-4-83-66(80)81)28-16-90(88-86-28)18-34-55(115-63-39(78)49(101)45(97)32(14-70)109-63)51(103)65(111-34)117-57-41(93)23(72)10-25(74)53(57)113-61-37(76)47(99)43(95)30(12-68)107-61/h6-8,15-16,22-26,29-34,36-57,60-65,92-103H,1-5,9-14,17-18,67-78H2,(H2,79,104)(H,82,105)(H,84,91)(H4,80,81,83)/t22-,23+,24+,25-,26-,29+,30-,31-,32+,33-,34+,36+,37-,38+,39-,40+,41-,42+,43-,44+,45-,46+,47-,48+,49-,50-,51+,52-,53+,54-,55+,56-,57+,60+,61-,62+,63-,64+,65-/m0/s1. The van der Waals surface area contributed by atoms with Crippen LogP contribution in [0.3, 0.4) is 0 Å². The third-order valence-corrected chi connectivity index (χ3v) is 22.2. The first kappa shape index (κ1) is 91.5. The van der Waals surface area contributed by atoms with Crippen LogP contribution in [0.5, 0.6) is 0 Å². The van der Waals surface area contributed by atoms with Crippen molar-refractivity contribution in [3.05, 3.63) is 36.2 Å². The van der Waals surface area contributed by atoms with E-state index in [-0.39, 0.29) is 105 Å². The highest BCUT2D eigenvalue weighted by molar-refractivity contribution is 5.97. The van der Waals surface area contributed by atoms with E-state index in [1.807, 2.05) is 0 Å². The number of hydrogen-bond acceptors (Lipinski definition) is 44. The second-order valence-electron chi connectivity index (χ2n) is 30.6. The summed E-state index contributed by atoms with van der Waals surface area (Å²) < 4.78 is 76.8. The molecule has 11 rings (SSSR count). The van der Waals surface area contributed by atoms with Gasteiger partial charge < -0.3 is 215 Å². The van der Waals surface area contributed by atoms with Crippen molar-refractivity contribution in [2.24, 2.45) is 91.0 Å². The first-order valence-electron chi connectivity index (χ1n) is 38.3. The molecule has 44 N–H and O–H groups in total. The average Bonchev–Trinajstić information content (AvgIpc) is 1.55. The van der Waals surface area contributed by atoms with Crippen LogP contribution < -0.4 is 96.6 Å². The van der Waals surface area contributed by atoms with Gasteiger partial charge in [0.25, 0.3) is 5.91 Å². The van der Waals surface area contributed by atoms with E-state index >= 15 is 0 Å². The number of carbonyl (C=O) groups excluding carboxylic acids is 3. The van der Waals surface area contributed by atoms with Crippen molar-refractivity contribution in [1.82, 2.24) is 40.6 Å². The number of carbonyl (C=O) groups is 3. The molecule has 51 nitrogen and oxygen atoms in total. The Kier molecular flexibility index (Phi) is 31.1. The van der Waals surface area contributed by atoms with Gasteiger partial charge in [-0.1, -0.05) is 10.4 Å². The highest BCUT2D eigenvalue weighted by Gasteiger charge is 2.58. The predicted molar refractivity (Wildman–Crippen MR) is 395 cm³/mol. The normalized spacial score (nSPS) is 42.2. The highest BCUT2D eigenvalue weighted by atomic mass is 16.8. The fraction of sp³-hybridized carbons (Fsp3) is 0.788. The number of aromatic nitrogens is 6. The number of guanidine groups is 1. The lowest BCUT2D eigenvalue weighted by atomic mass is 9.84. The quantitative estimate of drug-likeness (QED) is 0.0157. The van der Waals surface area contributed by atoms with E-state index in [1.54, 1.807) is 0 Å². The number of nitrogens with zero attached hydrogens (tertiary/aromatic N) is 7. The molecule has 39 atom stereocenters. The Balaban J connectivity index is 0.892. The van der Waals surface area contributed by atoms with E-state index in [1.165, 1.54) is 40.0 Å². The Labute approximate surface area is 667 Å². The second kappa shape index (κ2) is 39.7. The lowest BCUT2D eigenvalue weighted by molar-refractivity contribution is -0.306. The molecule has 1 aromatic carbocycles. The van der Waals surface area contributed by atoms with Crippen molar-refractivity contribution < 1.29 is 133 Å². The number of amides is 3. The minimum absolute atomic E-state index is 0.0465. The van der Waals surface area contributed by atoms with Gasteiger partial charge in [-0.25, -0.2) is 9.36 Å². The fourth-order valence-corrected chi connectivity index (χ4v) is 15.4. The van der Waals surface area contributed by atoms with Crippen LogP contribution >= 0.6 is 0 Å². The monoisotopic (exact) mass is 1670 g/mol. The van der Waals surface area contributed by atoms with Gasteiger partial charge in [-0.15, -0.1) is 10.2 Å². The topological polar surface area (TPSA) is 893 Å². The number of nitrogens with one attached hydrogen (secondary N) is 2. The van der Waals surface area contributed by atoms with Gasteiger partial charge in [-0.3, -0.25) is 19.4 Å². The molecule has 3 aromatic rings. The molecular formula is C66H114N24O27. The molecule has 0 unspecified atom stereocenters. The molecule has 6 saturated heterocycles. The molecule has 2 saturated carbocycles. The Morgan fingerprint density at radius 2 is 0.803 bits per heavy atom. The van der Waals surface area contributed by atoms with Crippen LogP contribution in [0.4, 0.5) is 0 Å². The van der Waals surface area contributed by atoms with Crippen LogP contribution in [0.25, 0.3) is 22.5 Å². The zero-order valence-electron chi connectivity index (χ0n) is 63.4. The van der Waals surface area contributed by atoms with Crippen molar-refractivity contribution in [3.8, 4) is 22.5 Å². The van der Waals surface area contributed by atoms with E-state index < -0.39 is 269 Å². The van der Waals surface area contributed by atoms with Gasteiger partial charge in [0.05, 0.1) is 61.9 Å². The number of ether oxygens (including phenoxy) is 12. The molecule has 8 aliphatic rings. The number of aliphatic hydroxyl groups is 12. The summed E-state index contributed by atoms with van der Waals surface area (Å²) in [5.41, 5.74) is 91.6. The molecular weight excluding hydrogens is 1560 g/mol. The van der Waals surface area contributed by atoms with Gasteiger partial charge in [0, 0.05) is 86.5 Å². The van der Waals surface area contributed by atoms with Crippen LogP contribution in [0, 0.1) is 0 Å². The summed E-state index contributed by atoms with van der Waals surface area (Å²) in [7, 11) is 0. The van der Waals surface area contributed by atoms with Crippen molar-refractivity contribution in [1.29, 1.82) is 0 Å². The van der Waals surface area contributed by atoms with E-state index in [2.05, 4.69) is 36.3 Å². The summed E-state index contributed by atoms with van der Waals surface area (Å²) in [5.74, 6) is -2.45. The van der Waals surface area contributed by atoms with Gasteiger partial charge in [0.1, 0.15) is 152 Å². The maximum atomic E-state index is 14.5. The largest absolute Gasteiger partial charge is 0.389 e. The summed E-state index contributed by atoms with van der Waals surface area (Å²) in [5, 5.41) is 158. The molecule has 2 aliphatic carbocycles. The van der Waals surface area contributed by atoms with Crippen molar-refractivity contribution >= 4 is 23.7 Å². The summed E-state index contributed by atoms with van der Waals surface area (Å²) in [4.78, 5) is 44.0. The second-order valence-corrected chi connectivity index (χ2v) is 30.6. The van der Waals surface area contributed by atoms with Gasteiger partial charge in [0.15, 0.2) is 43.7 Å². The molecule has 51 heteroatoms. The Morgan fingerprint density at radius 3 is 1.15 bits per heavy atom. The number of aliphatic imine (C=N–C) groups is 1. The molecule has 3 amide bonds. The summed E-state index contributed by atoms with van der Waals surface area (Å²) in [6.07, 6.45) is -43.3. The Hall–Kier alpha value is -6.26. The molecule has 117 heavy (non-hydrogen) atoms. The molecule has 8 fully saturated rings. The van der Waals surface area contributed by atoms with Crippen LogP contribution in [0.1, 0.15) is 42.5 Å². The molecule has 0 bridgehead atoms. The smallest absolute Gasteiger partial charge is 0.251 e. The van der Waals surface area contributed by atoms with E-state index in [0.29, 0.717) is 0 Å². The van der Waals surface area contributed by atoms with E-state index in [9.17, 15) is 75.7 Å². The molecule has 660 valence electrons. The predicted octanol–water partition coefficient (Wildman–Crippen LogP) is -18.4. The first-order chi connectivity index (χ1) is 55.5. The zero-order chi connectivity index (χ0) is 85.0. The molecule has 0 radical (unpaired) electrons. The summed E-state index contributed by atoms with van der Waals surface area (Å²) in [6.45, 7) is -2.14. The summed E-state index contributed by atoms with van der Waals surface area (Å²) >= 11 is 0. The van der Waals surface area contributed by atoms with Crippen LogP contribution in [0.15, 0.2) is 35.6 Å². The maximum Gasteiger partial charge on any atom is 0.251 e. The number of benzene rings is 1. The van der Waals surface area contributed by atoms with E-state index in [4.69, 9.17) is 143 Å². The lowest BCUT2D eigenvalue weighted by Crippen LogP contribution is -2.68. The minimum Gasteiger partial charge on any atom is -0.389 e. The Morgan fingerprint density at radius 1 is 0.453 bits per heavy atom. The van der Waals surface area contributed by atoms with Crippen LogP contribution in [-0.4, -0.2) is 393 Å². The molecule has 0 spiro atoms. The van der Waals surface area contributed by atoms with E-state index in [0.717, 1.165) is 0 Å². The number of rotatable bonds is 32. The Bertz CT molecular complexity index is 3560. The molecule has 2 aromatic heterocycles. The fourth-order valence-electron chi connectivity index (χ4n) is 15.4. The minimum atomic E-state index is -1.87. The third kappa shape index (κ3) is 20.6. The number of aliphatic hydroxyl groups excluding tert-OH is 12. The first-order valence-corrected chi connectivity index (χ1v) is 38.3. The van der Waals surface area contributed by atoms with Gasteiger partial charge in [0.2, 0.25) is 11.8 Å². The zero-order valence-corrected chi connectivity index (χ0v) is 63.4.